The number of guanidine groups is 1. The number of aliphatic hydroxyl groups excluding tert-OH is 1. The Labute approximate surface area is 123 Å². The van der Waals surface area contributed by atoms with Crippen molar-refractivity contribution >= 4 is 23.4 Å². The zero-order chi connectivity index (χ0) is 14.4. The Kier molecular flexibility index (Phi) is 5.43. The summed E-state index contributed by atoms with van der Waals surface area (Å²) < 4.78 is 0. The Morgan fingerprint density at radius 2 is 2.50 bits per heavy atom. The molecule has 0 bridgehead atoms. The van der Waals surface area contributed by atoms with Crippen molar-refractivity contribution in [1.29, 1.82) is 0 Å². The summed E-state index contributed by atoms with van der Waals surface area (Å²) in [7, 11) is 1.72. The minimum atomic E-state index is 0.0844. The van der Waals surface area contributed by atoms with Gasteiger partial charge in [0.05, 0.1) is 11.6 Å². The van der Waals surface area contributed by atoms with Crippen LogP contribution in [0.1, 0.15) is 6.42 Å². The van der Waals surface area contributed by atoms with E-state index in [1.165, 1.54) is 0 Å². The molecule has 110 valence electrons. The van der Waals surface area contributed by atoms with Crippen LogP contribution in [0.3, 0.4) is 0 Å². The van der Waals surface area contributed by atoms with E-state index in [0.717, 1.165) is 25.3 Å². The molecule has 1 unspecified atom stereocenters. The third kappa shape index (κ3) is 3.74. The lowest BCUT2D eigenvalue weighted by molar-refractivity contribution is 0.300. The first-order valence-electron chi connectivity index (χ1n) is 6.68. The first-order chi connectivity index (χ1) is 9.74. The Balaban J connectivity index is 1.91. The van der Waals surface area contributed by atoms with E-state index in [1.807, 2.05) is 12.1 Å². The molecule has 0 spiro atoms. The number of hydrogen-bond acceptors (Lipinski definition) is 4. The fraction of sp³-hybridized carbons (Fsp3) is 0.538. The predicted molar refractivity (Wildman–Crippen MR) is 81.4 cm³/mol. The molecular formula is C13H20ClN5O. The number of nitrogens with zero attached hydrogens (tertiary/aromatic N) is 3. The molecule has 2 rings (SSSR count). The third-order valence-electron chi connectivity index (χ3n) is 3.20. The monoisotopic (exact) mass is 297 g/mol. The largest absolute Gasteiger partial charge is 0.395 e. The standard InChI is InChI=1S/C13H20ClN5O/c1-15-13(17-6-8-20)18-10-4-7-19(9-10)12-11(14)3-2-5-16-12/h2-3,5,10,20H,4,6-9H2,1H3,(H2,15,17,18). The summed E-state index contributed by atoms with van der Waals surface area (Å²) in [4.78, 5) is 10.6. The SMILES string of the molecule is CN=C(NCCO)NC1CCN(c2ncccc2Cl)C1. The summed E-state index contributed by atoms with van der Waals surface area (Å²) in [5.41, 5.74) is 0. The third-order valence-corrected chi connectivity index (χ3v) is 3.49. The van der Waals surface area contributed by atoms with Crippen molar-refractivity contribution in [1.82, 2.24) is 15.6 Å². The molecule has 1 fully saturated rings. The molecule has 7 heteroatoms. The average molecular weight is 298 g/mol. The summed E-state index contributed by atoms with van der Waals surface area (Å²) >= 11 is 6.17. The van der Waals surface area contributed by atoms with E-state index in [2.05, 4.69) is 25.5 Å². The number of aliphatic imine (C=N–C) groups is 1. The van der Waals surface area contributed by atoms with Crippen LogP contribution >= 0.6 is 11.6 Å². The van der Waals surface area contributed by atoms with Crippen molar-refractivity contribution in [2.45, 2.75) is 12.5 Å². The van der Waals surface area contributed by atoms with Gasteiger partial charge in [-0.2, -0.15) is 0 Å². The highest BCUT2D eigenvalue weighted by Gasteiger charge is 2.25. The maximum absolute atomic E-state index is 8.82. The fourth-order valence-corrected chi connectivity index (χ4v) is 2.48. The number of hydrogen-bond donors (Lipinski definition) is 3. The molecule has 6 nitrogen and oxygen atoms in total. The van der Waals surface area contributed by atoms with Gasteiger partial charge in [-0.3, -0.25) is 4.99 Å². The van der Waals surface area contributed by atoms with Crippen molar-refractivity contribution in [2.75, 3.05) is 38.2 Å². The Hall–Kier alpha value is -1.53. The maximum Gasteiger partial charge on any atom is 0.191 e. The van der Waals surface area contributed by atoms with Crippen LogP contribution in [-0.4, -0.2) is 55.4 Å². The van der Waals surface area contributed by atoms with E-state index < -0.39 is 0 Å². The van der Waals surface area contributed by atoms with Crippen LogP contribution in [0.2, 0.25) is 5.02 Å². The molecule has 0 aromatic carbocycles. The zero-order valence-electron chi connectivity index (χ0n) is 11.5. The number of aliphatic hydroxyl groups is 1. The summed E-state index contributed by atoms with van der Waals surface area (Å²) in [5, 5.41) is 15.9. The lowest BCUT2D eigenvalue weighted by atomic mass is 10.3. The molecule has 0 amide bonds. The fourth-order valence-electron chi connectivity index (χ4n) is 2.24. The second-order valence-electron chi connectivity index (χ2n) is 4.61. The van der Waals surface area contributed by atoms with Gasteiger partial charge < -0.3 is 20.6 Å². The van der Waals surface area contributed by atoms with Gasteiger partial charge >= 0.3 is 0 Å². The minimum absolute atomic E-state index is 0.0844. The molecule has 1 saturated heterocycles. The Morgan fingerprint density at radius 1 is 1.65 bits per heavy atom. The number of pyridine rings is 1. The first kappa shape index (κ1) is 14.9. The van der Waals surface area contributed by atoms with Crippen LogP contribution in [0.15, 0.2) is 23.3 Å². The number of halogens is 1. The molecular weight excluding hydrogens is 278 g/mol. The highest BCUT2D eigenvalue weighted by atomic mass is 35.5. The van der Waals surface area contributed by atoms with Crippen LogP contribution in [0.25, 0.3) is 0 Å². The van der Waals surface area contributed by atoms with Gasteiger partial charge in [-0.05, 0) is 18.6 Å². The summed E-state index contributed by atoms with van der Waals surface area (Å²) in [6.07, 6.45) is 2.75. The quantitative estimate of drug-likeness (QED) is 0.557. The van der Waals surface area contributed by atoms with E-state index in [9.17, 15) is 0 Å². The van der Waals surface area contributed by atoms with Crippen molar-refractivity contribution in [2.24, 2.45) is 4.99 Å². The second-order valence-corrected chi connectivity index (χ2v) is 5.01. The van der Waals surface area contributed by atoms with Crippen LogP contribution in [-0.2, 0) is 0 Å². The van der Waals surface area contributed by atoms with Gasteiger partial charge in [-0.25, -0.2) is 4.98 Å². The molecule has 0 saturated carbocycles. The normalized spacial score (nSPS) is 19.2. The van der Waals surface area contributed by atoms with Gasteiger partial charge in [0.2, 0.25) is 0 Å². The molecule has 1 aliphatic rings. The van der Waals surface area contributed by atoms with Crippen molar-refractivity contribution in [3.8, 4) is 0 Å². The highest BCUT2D eigenvalue weighted by molar-refractivity contribution is 6.32. The van der Waals surface area contributed by atoms with Crippen molar-refractivity contribution in [3.63, 3.8) is 0 Å². The topological polar surface area (TPSA) is 72.8 Å². The van der Waals surface area contributed by atoms with Gasteiger partial charge in [0.15, 0.2) is 5.96 Å². The highest BCUT2D eigenvalue weighted by Crippen LogP contribution is 2.25. The maximum atomic E-state index is 8.82. The van der Waals surface area contributed by atoms with Crippen molar-refractivity contribution < 1.29 is 5.11 Å². The molecule has 20 heavy (non-hydrogen) atoms. The molecule has 0 radical (unpaired) electrons. The second kappa shape index (κ2) is 7.31. The smallest absolute Gasteiger partial charge is 0.191 e. The van der Waals surface area contributed by atoms with E-state index in [0.29, 0.717) is 17.5 Å². The zero-order valence-corrected chi connectivity index (χ0v) is 12.3. The minimum Gasteiger partial charge on any atom is -0.395 e. The molecule has 1 aromatic rings. The Bertz CT molecular complexity index is 468. The van der Waals surface area contributed by atoms with Crippen molar-refractivity contribution in [3.05, 3.63) is 23.4 Å². The lowest BCUT2D eigenvalue weighted by Crippen LogP contribution is -2.45. The molecule has 1 atom stereocenters. The lowest BCUT2D eigenvalue weighted by Gasteiger charge is -2.20. The molecule has 3 N–H and O–H groups in total. The van der Waals surface area contributed by atoms with E-state index in [-0.39, 0.29) is 12.6 Å². The van der Waals surface area contributed by atoms with E-state index >= 15 is 0 Å². The van der Waals surface area contributed by atoms with Crippen LogP contribution < -0.4 is 15.5 Å². The van der Waals surface area contributed by atoms with E-state index in [4.69, 9.17) is 16.7 Å². The van der Waals surface area contributed by atoms with Crippen LogP contribution in [0, 0.1) is 0 Å². The predicted octanol–water partition coefficient (Wildman–Crippen LogP) is 0.471. The van der Waals surface area contributed by atoms with Crippen LogP contribution in [0.4, 0.5) is 5.82 Å². The average Bonchev–Trinajstić information content (AvgIpc) is 2.92. The van der Waals surface area contributed by atoms with Gasteiger partial charge in [-0.1, -0.05) is 11.6 Å². The van der Waals surface area contributed by atoms with Gasteiger partial charge in [-0.15, -0.1) is 0 Å². The molecule has 0 aliphatic carbocycles. The molecule has 2 heterocycles. The molecule has 1 aliphatic heterocycles. The number of anilines is 1. The number of aromatic nitrogens is 1. The summed E-state index contributed by atoms with van der Waals surface area (Å²) in [5.74, 6) is 1.54. The number of rotatable bonds is 4. The van der Waals surface area contributed by atoms with E-state index in [1.54, 1.807) is 13.2 Å². The summed E-state index contributed by atoms with van der Waals surface area (Å²) in [6.45, 7) is 2.31. The summed E-state index contributed by atoms with van der Waals surface area (Å²) in [6, 6.07) is 3.97. The van der Waals surface area contributed by atoms with Gasteiger partial charge in [0.1, 0.15) is 5.82 Å². The van der Waals surface area contributed by atoms with Gasteiger partial charge in [0, 0.05) is 38.9 Å². The first-order valence-corrected chi connectivity index (χ1v) is 7.06. The molecule has 1 aromatic heterocycles. The Morgan fingerprint density at radius 3 is 3.20 bits per heavy atom. The van der Waals surface area contributed by atoms with Gasteiger partial charge in [0.25, 0.3) is 0 Å². The van der Waals surface area contributed by atoms with Crippen LogP contribution in [0.5, 0.6) is 0 Å². The number of nitrogens with one attached hydrogen (secondary N) is 2.